The van der Waals surface area contributed by atoms with Crippen molar-refractivity contribution < 1.29 is 23.7 Å². The predicted molar refractivity (Wildman–Crippen MR) is 118 cm³/mol. The van der Waals surface area contributed by atoms with Crippen molar-refractivity contribution in [3.8, 4) is 17.2 Å². The monoisotopic (exact) mass is 423 g/mol. The molecule has 2 rings (SSSR count). The smallest absolute Gasteiger partial charge is 0.194 e. The van der Waals surface area contributed by atoms with Gasteiger partial charge >= 0.3 is 0 Å². The summed E-state index contributed by atoms with van der Waals surface area (Å²) in [6.07, 6.45) is 3.24. The fraction of sp³-hybridized carbons (Fsp3) is 0.682. The molecule has 1 N–H and O–H groups in total. The molecule has 30 heavy (non-hydrogen) atoms. The third kappa shape index (κ3) is 6.95. The van der Waals surface area contributed by atoms with Crippen molar-refractivity contribution in [1.29, 1.82) is 0 Å². The van der Waals surface area contributed by atoms with Gasteiger partial charge < -0.3 is 33.9 Å². The number of benzene rings is 1. The highest BCUT2D eigenvalue weighted by molar-refractivity contribution is 5.80. The second-order valence-electron chi connectivity index (χ2n) is 7.09. The van der Waals surface area contributed by atoms with E-state index in [-0.39, 0.29) is 0 Å². The third-order valence-corrected chi connectivity index (χ3v) is 5.11. The fourth-order valence-electron chi connectivity index (χ4n) is 3.49. The van der Waals surface area contributed by atoms with Crippen LogP contribution >= 0.6 is 0 Å². The quantitative estimate of drug-likeness (QED) is 0.333. The lowest BCUT2D eigenvalue weighted by Gasteiger charge is -2.34. The molecule has 8 nitrogen and oxygen atoms in total. The zero-order valence-corrected chi connectivity index (χ0v) is 19.0. The first-order chi connectivity index (χ1) is 14.7. The van der Waals surface area contributed by atoms with E-state index in [4.69, 9.17) is 28.7 Å². The van der Waals surface area contributed by atoms with E-state index in [9.17, 15) is 0 Å². The van der Waals surface area contributed by atoms with Gasteiger partial charge in [-0.15, -0.1) is 0 Å². The zero-order valence-electron chi connectivity index (χ0n) is 19.0. The van der Waals surface area contributed by atoms with Crippen LogP contribution in [0.15, 0.2) is 17.1 Å². The van der Waals surface area contributed by atoms with Crippen molar-refractivity contribution >= 4 is 5.96 Å². The van der Waals surface area contributed by atoms with Crippen LogP contribution in [-0.4, -0.2) is 78.3 Å². The van der Waals surface area contributed by atoms with Gasteiger partial charge in [-0.25, -0.2) is 4.99 Å². The first-order valence-corrected chi connectivity index (χ1v) is 10.6. The number of hydrogen-bond acceptors (Lipinski definition) is 6. The summed E-state index contributed by atoms with van der Waals surface area (Å²) in [6, 6.07) is 3.76. The number of guanidine groups is 1. The minimum Gasteiger partial charge on any atom is -0.496 e. The van der Waals surface area contributed by atoms with E-state index in [1.54, 1.807) is 28.4 Å². The summed E-state index contributed by atoms with van der Waals surface area (Å²) >= 11 is 0. The minimum absolute atomic E-state index is 0.312. The molecule has 1 aromatic carbocycles. The molecule has 1 fully saturated rings. The SMILES string of the molecule is CCNC(=NCc1cc(OC)c(OC)cc1OC)N1CCC(OCCCOC)CC1. The number of rotatable bonds is 11. The molecule has 170 valence electrons. The summed E-state index contributed by atoms with van der Waals surface area (Å²) in [5.74, 6) is 2.95. The third-order valence-electron chi connectivity index (χ3n) is 5.11. The lowest BCUT2D eigenvalue weighted by Crippen LogP contribution is -2.47. The van der Waals surface area contributed by atoms with Crippen LogP contribution < -0.4 is 19.5 Å². The Morgan fingerprint density at radius 2 is 1.67 bits per heavy atom. The van der Waals surface area contributed by atoms with Gasteiger partial charge in [-0.2, -0.15) is 0 Å². The lowest BCUT2D eigenvalue weighted by molar-refractivity contribution is 0.00990. The van der Waals surface area contributed by atoms with Crippen molar-refractivity contribution in [3.05, 3.63) is 17.7 Å². The largest absolute Gasteiger partial charge is 0.496 e. The molecule has 0 bridgehead atoms. The average molecular weight is 424 g/mol. The minimum atomic E-state index is 0.312. The molecule has 0 radical (unpaired) electrons. The first kappa shape index (κ1) is 24.1. The lowest BCUT2D eigenvalue weighted by atomic mass is 10.1. The van der Waals surface area contributed by atoms with Gasteiger partial charge in [-0.05, 0) is 32.3 Å². The van der Waals surface area contributed by atoms with Crippen LogP contribution in [0.25, 0.3) is 0 Å². The molecule has 0 aliphatic carbocycles. The van der Waals surface area contributed by atoms with Gasteiger partial charge in [0.15, 0.2) is 17.5 Å². The summed E-state index contributed by atoms with van der Waals surface area (Å²) in [4.78, 5) is 7.15. The summed E-state index contributed by atoms with van der Waals surface area (Å²) in [5.41, 5.74) is 0.946. The topological polar surface area (TPSA) is 73.8 Å². The van der Waals surface area contributed by atoms with E-state index < -0.39 is 0 Å². The zero-order chi connectivity index (χ0) is 21.8. The van der Waals surface area contributed by atoms with Crippen LogP contribution in [0.5, 0.6) is 17.2 Å². The van der Waals surface area contributed by atoms with Crippen molar-refractivity contribution in [2.75, 3.05) is 61.3 Å². The molecule has 0 unspecified atom stereocenters. The van der Waals surface area contributed by atoms with Crippen LogP contribution in [-0.2, 0) is 16.0 Å². The van der Waals surface area contributed by atoms with Gasteiger partial charge in [-0.1, -0.05) is 0 Å². The highest BCUT2D eigenvalue weighted by atomic mass is 16.5. The Balaban J connectivity index is 2.01. The number of piperidine rings is 1. The first-order valence-electron chi connectivity index (χ1n) is 10.6. The standard InChI is InChI=1S/C22H37N3O5/c1-6-23-22(25-10-8-18(9-11-25)30-13-7-12-26-2)24-16-17-14-20(28-4)21(29-5)15-19(17)27-3/h14-15,18H,6-13,16H2,1-5H3,(H,23,24). The second kappa shape index (κ2) is 13.2. The molecule has 0 aromatic heterocycles. The van der Waals surface area contributed by atoms with E-state index in [0.29, 0.717) is 24.1 Å². The van der Waals surface area contributed by atoms with Crippen molar-refractivity contribution in [2.45, 2.75) is 38.8 Å². The van der Waals surface area contributed by atoms with E-state index in [1.165, 1.54) is 0 Å². The fourth-order valence-corrected chi connectivity index (χ4v) is 3.49. The molecule has 1 aliphatic rings. The highest BCUT2D eigenvalue weighted by Crippen LogP contribution is 2.35. The Morgan fingerprint density at radius 3 is 2.27 bits per heavy atom. The predicted octanol–water partition coefficient (Wildman–Crippen LogP) is 2.70. The molecule has 0 atom stereocenters. The van der Waals surface area contributed by atoms with Crippen LogP contribution in [0.1, 0.15) is 31.7 Å². The summed E-state index contributed by atoms with van der Waals surface area (Å²) in [7, 11) is 6.61. The van der Waals surface area contributed by atoms with Gasteiger partial charge in [0.05, 0.1) is 34.0 Å². The van der Waals surface area contributed by atoms with Crippen molar-refractivity contribution in [2.24, 2.45) is 4.99 Å². The normalized spacial score (nSPS) is 15.2. The molecule has 0 spiro atoms. The van der Waals surface area contributed by atoms with E-state index in [0.717, 1.165) is 69.4 Å². The van der Waals surface area contributed by atoms with Gasteiger partial charge in [0, 0.05) is 51.6 Å². The molecule has 0 amide bonds. The number of likely N-dealkylation sites (tertiary alicyclic amines) is 1. The average Bonchev–Trinajstić information content (AvgIpc) is 2.79. The van der Waals surface area contributed by atoms with Crippen LogP contribution in [0.2, 0.25) is 0 Å². The molecule has 0 saturated carbocycles. The maximum atomic E-state index is 5.97. The number of nitrogens with one attached hydrogen (secondary N) is 1. The molecule has 8 heteroatoms. The molecular formula is C22H37N3O5. The highest BCUT2D eigenvalue weighted by Gasteiger charge is 2.22. The Kier molecular flexibility index (Phi) is 10.6. The summed E-state index contributed by atoms with van der Waals surface area (Å²) < 4.78 is 27.4. The number of methoxy groups -OCH3 is 4. The Hall–Kier alpha value is -2.19. The van der Waals surface area contributed by atoms with E-state index >= 15 is 0 Å². The van der Waals surface area contributed by atoms with Crippen molar-refractivity contribution in [3.63, 3.8) is 0 Å². The summed E-state index contributed by atoms with van der Waals surface area (Å²) in [5, 5.41) is 3.41. The molecule has 1 aliphatic heterocycles. The molecule has 1 saturated heterocycles. The number of hydrogen-bond donors (Lipinski definition) is 1. The molecule has 1 aromatic rings. The van der Waals surface area contributed by atoms with Crippen LogP contribution in [0.3, 0.4) is 0 Å². The Bertz CT molecular complexity index is 660. The number of nitrogens with zero attached hydrogens (tertiary/aromatic N) is 2. The van der Waals surface area contributed by atoms with Crippen molar-refractivity contribution in [1.82, 2.24) is 10.2 Å². The van der Waals surface area contributed by atoms with Gasteiger partial charge in [0.25, 0.3) is 0 Å². The molecule has 1 heterocycles. The number of ether oxygens (including phenoxy) is 5. The van der Waals surface area contributed by atoms with Gasteiger partial charge in [-0.3, -0.25) is 0 Å². The number of aliphatic imine (C=N–C) groups is 1. The van der Waals surface area contributed by atoms with E-state index in [2.05, 4.69) is 17.1 Å². The Morgan fingerprint density at radius 1 is 1.00 bits per heavy atom. The van der Waals surface area contributed by atoms with Crippen LogP contribution in [0, 0.1) is 0 Å². The van der Waals surface area contributed by atoms with Gasteiger partial charge in [0.1, 0.15) is 5.75 Å². The second-order valence-corrected chi connectivity index (χ2v) is 7.09. The maximum absolute atomic E-state index is 5.97. The maximum Gasteiger partial charge on any atom is 0.194 e. The summed E-state index contributed by atoms with van der Waals surface area (Å²) in [6.45, 7) is 6.72. The van der Waals surface area contributed by atoms with Crippen LogP contribution in [0.4, 0.5) is 0 Å². The van der Waals surface area contributed by atoms with E-state index in [1.807, 2.05) is 12.1 Å². The van der Waals surface area contributed by atoms with Gasteiger partial charge in [0.2, 0.25) is 0 Å². The Labute approximate surface area is 180 Å². The molecular weight excluding hydrogens is 386 g/mol.